The fourth-order valence-electron chi connectivity index (χ4n) is 3.08. The average Bonchev–Trinajstić information content (AvgIpc) is 3.08. The molecule has 120 valence electrons. The SMILES string of the molecule is Cc1c(F)c(CN[C@H]2CCC[C@@H]2O)cc2nc(C(C)C)oc12. The number of oxazole rings is 1. The van der Waals surface area contributed by atoms with Crippen LogP contribution in [-0.4, -0.2) is 22.2 Å². The van der Waals surface area contributed by atoms with Gasteiger partial charge in [0, 0.05) is 29.6 Å². The highest BCUT2D eigenvalue weighted by Gasteiger charge is 2.25. The quantitative estimate of drug-likeness (QED) is 0.909. The summed E-state index contributed by atoms with van der Waals surface area (Å²) in [6.45, 7) is 6.12. The van der Waals surface area contributed by atoms with Crippen LogP contribution in [-0.2, 0) is 6.54 Å². The molecule has 4 nitrogen and oxygen atoms in total. The molecular weight excluding hydrogens is 283 g/mol. The van der Waals surface area contributed by atoms with Gasteiger partial charge in [-0.15, -0.1) is 0 Å². The van der Waals surface area contributed by atoms with Crippen LogP contribution in [0.4, 0.5) is 4.39 Å². The zero-order valence-corrected chi connectivity index (χ0v) is 13.3. The number of aliphatic hydroxyl groups is 1. The minimum atomic E-state index is -0.326. The van der Waals surface area contributed by atoms with Gasteiger partial charge in [-0.25, -0.2) is 9.37 Å². The highest BCUT2D eigenvalue weighted by Crippen LogP contribution is 2.28. The molecular formula is C17H23FN2O2. The van der Waals surface area contributed by atoms with E-state index in [4.69, 9.17) is 4.42 Å². The van der Waals surface area contributed by atoms with Crippen LogP contribution in [0.1, 0.15) is 56.0 Å². The van der Waals surface area contributed by atoms with Crippen LogP contribution in [0.25, 0.3) is 11.1 Å². The molecule has 0 aliphatic heterocycles. The summed E-state index contributed by atoms with van der Waals surface area (Å²) in [5.41, 5.74) is 2.31. The van der Waals surface area contributed by atoms with Crippen LogP contribution in [0.3, 0.4) is 0 Å². The summed E-state index contributed by atoms with van der Waals surface area (Å²) < 4.78 is 20.2. The molecule has 1 aliphatic carbocycles. The Labute approximate surface area is 129 Å². The number of rotatable bonds is 4. The van der Waals surface area contributed by atoms with Crippen molar-refractivity contribution < 1.29 is 13.9 Å². The first-order valence-corrected chi connectivity index (χ1v) is 7.97. The van der Waals surface area contributed by atoms with E-state index in [1.165, 1.54) is 0 Å². The van der Waals surface area contributed by atoms with Crippen LogP contribution in [0.2, 0.25) is 0 Å². The van der Waals surface area contributed by atoms with E-state index in [0.717, 1.165) is 19.3 Å². The first-order valence-electron chi connectivity index (χ1n) is 7.97. The van der Waals surface area contributed by atoms with Crippen molar-refractivity contribution in [1.82, 2.24) is 10.3 Å². The molecule has 0 amide bonds. The molecule has 22 heavy (non-hydrogen) atoms. The van der Waals surface area contributed by atoms with E-state index in [9.17, 15) is 9.50 Å². The number of hydrogen-bond donors (Lipinski definition) is 2. The molecule has 1 aromatic carbocycles. The molecule has 0 bridgehead atoms. The molecule has 0 saturated heterocycles. The van der Waals surface area contributed by atoms with E-state index in [0.29, 0.717) is 34.7 Å². The third-order valence-corrected chi connectivity index (χ3v) is 4.46. The van der Waals surface area contributed by atoms with Gasteiger partial charge in [0.2, 0.25) is 0 Å². The maximum atomic E-state index is 14.5. The fourth-order valence-corrected chi connectivity index (χ4v) is 3.08. The molecule has 0 spiro atoms. The van der Waals surface area contributed by atoms with Crippen molar-refractivity contribution in [1.29, 1.82) is 0 Å². The smallest absolute Gasteiger partial charge is 0.198 e. The van der Waals surface area contributed by atoms with E-state index < -0.39 is 0 Å². The van der Waals surface area contributed by atoms with E-state index >= 15 is 0 Å². The molecule has 1 saturated carbocycles. The predicted octanol–water partition coefficient (Wildman–Crippen LogP) is 3.40. The minimum Gasteiger partial charge on any atom is -0.440 e. The maximum Gasteiger partial charge on any atom is 0.198 e. The molecule has 2 N–H and O–H groups in total. The second-order valence-corrected chi connectivity index (χ2v) is 6.52. The van der Waals surface area contributed by atoms with Crippen molar-refractivity contribution >= 4 is 11.1 Å². The molecule has 5 heteroatoms. The molecule has 1 aliphatic rings. The largest absolute Gasteiger partial charge is 0.440 e. The van der Waals surface area contributed by atoms with Crippen molar-refractivity contribution in [3.8, 4) is 0 Å². The first-order chi connectivity index (χ1) is 10.5. The average molecular weight is 306 g/mol. The van der Waals surface area contributed by atoms with Crippen LogP contribution < -0.4 is 5.32 Å². The van der Waals surface area contributed by atoms with Gasteiger partial charge in [0.1, 0.15) is 11.3 Å². The van der Waals surface area contributed by atoms with Gasteiger partial charge in [-0.3, -0.25) is 0 Å². The highest BCUT2D eigenvalue weighted by atomic mass is 19.1. The Morgan fingerprint density at radius 2 is 2.23 bits per heavy atom. The number of nitrogens with one attached hydrogen (secondary N) is 1. The fraction of sp³-hybridized carbons (Fsp3) is 0.588. The molecule has 1 fully saturated rings. The van der Waals surface area contributed by atoms with Crippen molar-refractivity contribution in [2.75, 3.05) is 0 Å². The summed E-state index contributed by atoms with van der Waals surface area (Å²) in [5, 5.41) is 13.1. The molecule has 1 aromatic heterocycles. The van der Waals surface area contributed by atoms with Gasteiger partial charge in [-0.2, -0.15) is 0 Å². The lowest BCUT2D eigenvalue weighted by Crippen LogP contribution is -2.35. The van der Waals surface area contributed by atoms with Gasteiger partial charge in [0.05, 0.1) is 6.10 Å². The van der Waals surface area contributed by atoms with Gasteiger partial charge in [0.25, 0.3) is 0 Å². The van der Waals surface area contributed by atoms with Gasteiger partial charge >= 0.3 is 0 Å². The number of aliphatic hydroxyl groups excluding tert-OH is 1. The second kappa shape index (κ2) is 5.97. The number of halogens is 1. The summed E-state index contributed by atoms with van der Waals surface area (Å²) in [6, 6.07) is 1.81. The Hall–Kier alpha value is -1.46. The summed E-state index contributed by atoms with van der Waals surface area (Å²) in [7, 11) is 0. The molecule has 0 radical (unpaired) electrons. The summed E-state index contributed by atoms with van der Waals surface area (Å²) in [4.78, 5) is 4.46. The van der Waals surface area contributed by atoms with Gasteiger partial charge in [-0.05, 0) is 32.3 Å². The van der Waals surface area contributed by atoms with E-state index in [1.54, 1.807) is 13.0 Å². The van der Waals surface area contributed by atoms with Crippen molar-refractivity contribution in [3.05, 3.63) is 28.9 Å². The predicted molar refractivity (Wildman–Crippen MR) is 83.3 cm³/mol. The number of fused-ring (bicyclic) bond motifs is 1. The Morgan fingerprint density at radius 1 is 1.45 bits per heavy atom. The molecule has 1 heterocycles. The number of hydrogen-bond acceptors (Lipinski definition) is 4. The van der Waals surface area contributed by atoms with Crippen molar-refractivity contribution in [3.63, 3.8) is 0 Å². The summed E-state index contributed by atoms with van der Waals surface area (Å²) in [5.74, 6) is 0.554. The summed E-state index contributed by atoms with van der Waals surface area (Å²) >= 11 is 0. The molecule has 2 atom stereocenters. The standard InChI is InChI=1S/C17H23FN2O2/c1-9(2)17-20-13-7-11(15(18)10(3)16(13)22-17)8-19-12-5-4-6-14(12)21/h7,9,12,14,19,21H,4-6,8H2,1-3H3/t12-,14-/m0/s1. The molecule has 3 rings (SSSR count). The number of nitrogens with zero attached hydrogens (tertiary/aromatic N) is 1. The maximum absolute atomic E-state index is 14.5. The van der Waals surface area contributed by atoms with Crippen molar-refractivity contribution in [2.45, 2.75) is 64.6 Å². The van der Waals surface area contributed by atoms with Gasteiger partial charge in [-0.1, -0.05) is 13.8 Å². The van der Waals surface area contributed by atoms with E-state index in [2.05, 4.69) is 10.3 Å². The highest BCUT2D eigenvalue weighted by molar-refractivity contribution is 5.77. The molecule has 0 unspecified atom stereocenters. The first kappa shape index (κ1) is 15.4. The second-order valence-electron chi connectivity index (χ2n) is 6.52. The van der Waals surface area contributed by atoms with Crippen molar-refractivity contribution in [2.24, 2.45) is 0 Å². The topological polar surface area (TPSA) is 58.3 Å². The number of benzene rings is 1. The minimum absolute atomic E-state index is 0.0546. The van der Waals surface area contributed by atoms with E-state index in [1.807, 2.05) is 13.8 Å². The van der Waals surface area contributed by atoms with Crippen LogP contribution in [0.15, 0.2) is 10.5 Å². The lowest BCUT2D eigenvalue weighted by Gasteiger charge is -2.17. The zero-order valence-electron chi connectivity index (χ0n) is 13.3. The Kier molecular flexibility index (Phi) is 4.19. The third-order valence-electron chi connectivity index (χ3n) is 4.46. The van der Waals surface area contributed by atoms with Crippen LogP contribution in [0.5, 0.6) is 0 Å². The van der Waals surface area contributed by atoms with E-state index in [-0.39, 0.29) is 23.9 Å². The molecule has 2 aromatic rings. The third kappa shape index (κ3) is 2.75. The van der Waals surface area contributed by atoms with Gasteiger partial charge < -0.3 is 14.8 Å². The lowest BCUT2D eigenvalue weighted by molar-refractivity contribution is 0.148. The normalized spacial score (nSPS) is 22.1. The summed E-state index contributed by atoms with van der Waals surface area (Å²) in [6.07, 6.45) is 2.44. The Morgan fingerprint density at radius 3 is 2.86 bits per heavy atom. The zero-order chi connectivity index (χ0) is 15.9. The monoisotopic (exact) mass is 306 g/mol. The number of aromatic nitrogens is 1. The Balaban J connectivity index is 1.87. The lowest BCUT2D eigenvalue weighted by atomic mass is 10.1. The Bertz CT molecular complexity index is 681. The number of aryl methyl sites for hydroxylation is 1. The van der Waals surface area contributed by atoms with Crippen LogP contribution >= 0.6 is 0 Å². The van der Waals surface area contributed by atoms with Crippen LogP contribution in [0, 0.1) is 12.7 Å². The van der Waals surface area contributed by atoms with Gasteiger partial charge in [0.15, 0.2) is 11.5 Å².